The van der Waals surface area contributed by atoms with Gasteiger partial charge in [0.25, 0.3) is 0 Å². The molecule has 2 aromatic carbocycles. The number of carboxylic acid groups (broad SMARTS) is 1. The van der Waals surface area contributed by atoms with Crippen molar-refractivity contribution in [2.24, 2.45) is 0 Å². The number of nitrogens with zero attached hydrogens (tertiary/aromatic N) is 1. The molecule has 0 saturated heterocycles. The molecule has 1 aliphatic carbocycles. The Hall–Kier alpha value is -2.13. The van der Waals surface area contributed by atoms with Gasteiger partial charge in [-0.05, 0) is 43.1 Å². The van der Waals surface area contributed by atoms with E-state index < -0.39 is 5.97 Å². The molecule has 0 amide bonds. The predicted octanol–water partition coefficient (Wildman–Crippen LogP) is 3.55. The molecule has 0 heterocycles. The second-order valence-corrected chi connectivity index (χ2v) is 6.32. The Labute approximate surface area is 131 Å². The van der Waals surface area contributed by atoms with Crippen molar-refractivity contribution in [3.8, 4) is 0 Å². The van der Waals surface area contributed by atoms with Gasteiger partial charge in [-0.3, -0.25) is 0 Å². The molecule has 3 heteroatoms. The van der Waals surface area contributed by atoms with E-state index in [1.54, 1.807) is 12.1 Å². The lowest BCUT2D eigenvalue weighted by Gasteiger charge is -2.24. The van der Waals surface area contributed by atoms with Crippen molar-refractivity contribution in [1.29, 1.82) is 0 Å². The number of aromatic carboxylic acids is 1. The summed E-state index contributed by atoms with van der Waals surface area (Å²) in [6.07, 6.45) is 2.47. The van der Waals surface area contributed by atoms with E-state index in [0.29, 0.717) is 11.0 Å². The number of benzene rings is 2. The lowest BCUT2D eigenvalue weighted by atomic mass is 9.95. The molecule has 1 aliphatic rings. The van der Waals surface area contributed by atoms with Crippen LogP contribution in [0.25, 0.3) is 0 Å². The zero-order valence-electron chi connectivity index (χ0n) is 12.8. The monoisotopic (exact) mass is 295 g/mol. The van der Waals surface area contributed by atoms with Crippen LogP contribution in [-0.2, 0) is 12.0 Å². The van der Waals surface area contributed by atoms with Crippen LogP contribution >= 0.6 is 0 Å². The van der Waals surface area contributed by atoms with Crippen molar-refractivity contribution in [2.75, 3.05) is 13.6 Å². The highest BCUT2D eigenvalue weighted by atomic mass is 16.4. The predicted molar refractivity (Wildman–Crippen MR) is 87.1 cm³/mol. The van der Waals surface area contributed by atoms with Gasteiger partial charge in [0.2, 0.25) is 0 Å². The van der Waals surface area contributed by atoms with Crippen LogP contribution in [0.4, 0.5) is 0 Å². The number of hydrogen-bond acceptors (Lipinski definition) is 2. The van der Waals surface area contributed by atoms with Crippen molar-refractivity contribution in [2.45, 2.75) is 24.8 Å². The van der Waals surface area contributed by atoms with Crippen LogP contribution in [0.5, 0.6) is 0 Å². The molecular formula is C19H21NO2. The summed E-state index contributed by atoms with van der Waals surface area (Å²) in [6.45, 7) is 1.78. The van der Waals surface area contributed by atoms with Gasteiger partial charge in [-0.2, -0.15) is 0 Å². The zero-order valence-corrected chi connectivity index (χ0v) is 12.8. The highest BCUT2D eigenvalue weighted by Gasteiger charge is 2.44. The van der Waals surface area contributed by atoms with Gasteiger partial charge in [0.1, 0.15) is 0 Å². The molecule has 3 nitrogen and oxygen atoms in total. The first-order chi connectivity index (χ1) is 10.6. The molecule has 0 aliphatic heterocycles. The minimum absolute atomic E-state index is 0.292. The molecule has 0 aromatic heterocycles. The smallest absolute Gasteiger partial charge is 0.335 e. The van der Waals surface area contributed by atoms with E-state index >= 15 is 0 Å². The molecule has 3 rings (SSSR count). The summed E-state index contributed by atoms with van der Waals surface area (Å²) in [6, 6.07) is 17.9. The highest BCUT2D eigenvalue weighted by Crippen LogP contribution is 2.48. The summed E-state index contributed by atoms with van der Waals surface area (Å²) in [4.78, 5) is 13.3. The minimum Gasteiger partial charge on any atom is -0.478 e. The first-order valence-corrected chi connectivity index (χ1v) is 7.65. The van der Waals surface area contributed by atoms with E-state index in [4.69, 9.17) is 5.11 Å². The molecule has 22 heavy (non-hydrogen) atoms. The number of likely N-dealkylation sites (N-methyl/N-ethyl adjacent to an activating group) is 1. The fraction of sp³-hybridized carbons (Fsp3) is 0.316. The molecule has 114 valence electrons. The standard InChI is InChI=1S/C19H21NO2/c1-20(13-15-6-5-7-16(12-15)18(21)22)14-19(10-11-19)17-8-3-2-4-9-17/h2-9,12H,10-11,13-14H2,1H3,(H,21,22). The van der Waals surface area contributed by atoms with Gasteiger partial charge in [-0.1, -0.05) is 42.5 Å². The first kappa shape index (κ1) is 14.8. The van der Waals surface area contributed by atoms with Crippen LogP contribution in [0.15, 0.2) is 54.6 Å². The lowest BCUT2D eigenvalue weighted by Crippen LogP contribution is -2.29. The maximum absolute atomic E-state index is 11.0. The minimum atomic E-state index is -0.868. The second kappa shape index (κ2) is 5.93. The van der Waals surface area contributed by atoms with Gasteiger partial charge < -0.3 is 10.0 Å². The molecule has 0 atom stereocenters. The highest BCUT2D eigenvalue weighted by molar-refractivity contribution is 5.87. The molecule has 0 bridgehead atoms. The number of carboxylic acids is 1. The molecule has 0 spiro atoms. The normalized spacial score (nSPS) is 15.7. The van der Waals surface area contributed by atoms with Crippen molar-refractivity contribution >= 4 is 5.97 Å². The maximum Gasteiger partial charge on any atom is 0.335 e. The Bertz CT molecular complexity index is 662. The summed E-state index contributed by atoms with van der Waals surface area (Å²) < 4.78 is 0. The van der Waals surface area contributed by atoms with Gasteiger partial charge in [0.15, 0.2) is 0 Å². The number of carbonyl (C=O) groups is 1. The zero-order chi connectivity index (χ0) is 15.6. The Kier molecular flexibility index (Phi) is 3.99. The van der Waals surface area contributed by atoms with Gasteiger partial charge >= 0.3 is 5.97 Å². The maximum atomic E-state index is 11.0. The van der Waals surface area contributed by atoms with Crippen LogP contribution in [-0.4, -0.2) is 29.6 Å². The van der Waals surface area contributed by atoms with Gasteiger partial charge in [0.05, 0.1) is 5.56 Å². The third-order valence-corrected chi connectivity index (χ3v) is 4.44. The van der Waals surface area contributed by atoms with Crippen LogP contribution in [0.2, 0.25) is 0 Å². The summed E-state index contributed by atoms with van der Waals surface area (Å²) in [5, 5.41) is 9.07. The molecule has 1 N–H and O–H groups in total. The van der Waals surface area contributed by atoms with Crippen molar-refractivity contribution in [3.63, 3.8) is 0 Å². The average molecular weight is 295 g/mol. The average Bonchev–Trinajstić information content (AvgIpc) is 3.29. The summed E-state index contributed by atoms with van der Waals surface area (Å²) in [5.41, 5.74) is 3.11. The lowest BCUT2D eigenvalue weighted by molar-refractivity contribution is 0.0696. The van der Waals surface area contributed by atoms with Gasteiger partial charge in [-0.25, -0.2) is 4.79 Å². The summed E-state index contributed by atoms with van der Waals surface area (Å²) in [7, 11) is 2.11. The summed E-state index contributed by atoms with van der Waals surface area (Å²) >= 11 is 0. The van der Waals surface area contributed by atoms with Crippen molar-refractivity contribution in [1.82, 2.24) is 4.90 Å². The van der Waals surface area contributed by atoms with Gasteiger partial charge in [-0.15, -0.1) is 0 Å². The number of hydrogen-bond donors (Lipinski definition) is 1. The largest absolute Gasteiger partial charge is 0.478 e. The Morgan fingerprint density at radius 3 is 2.50 bits per heavy atom. The van der Waals surface area contributed by atoms with E-state index in [-0.39, 0.29) is 0 Å². The number of rotatable bonds is 6. The topological polar surface area (TPSA) is 40.5 Å². The van der Waals surface area contributed by atoms with Gasteiger partial charge in [0, 0.05) is 18.5 Å². The van der Waals surface area contributed by atoms with E-state index in [9.17, 15) is 4.79 Å². The fourth-order valence-electron chi connectivity index (χ4n) is 3.17. The third kappa shape index (κ3) is 3.20. The Morgan fingerprint density at radius 2 is 1.86 bits per heavy atom. The second-order valence-electron chi connectivity index (χ2n) is 6.32. The first-order valence-electron chi connectivity index (χ1n) is 7.65. The SMILES string of the molecule is CN(Cc1cccc(C(=O)O)c1)CC1(c2ccccc2)CC1. The van der Waals surface area contributed by atoms with Crippen LogP contribution < -0.4 is 0 Å². The molecule has 1 saturated carbocycles. The van der Waals surface area contributed by atoms with Crippen LogP contribution in [0, 0.1) is 0 Å². The fourth-order valence-corrected chi connectivity index (χ4v) is 3.17. The van der Waals surface area contributed by atoms with E-state index in [1.165, 1.54) is 18.4 Å². The third-order valence-electron chi connectivity index (χ3n) is 4.44. The molecule has 1 fully saturated rings. The summed E-state index contributed by atoms with van der Waals surface area (Å²) in [5.74, 6) is -0.868. The van der Waals surface area contributed by atoms with Crippen molar-refractivity contribution in [3.05, 3.63) is 71.3 Å². The molecule has 0 radical (unpaired) electrons. The van der Waals surface area contributed by atoms with E-state index in [1.807, 2.05) is 12.1 Å². The Morgan fingerprint density at radius 1 is 1.14 bits per heavy atom. The van der Waals surface area contributed by atoms with E-state index in [0.717, 1.165) is 18.7 Å². The van der Waals surface area contributed by atoms with E-state index in [2.05, 4.69) is 42.3 Å². The molecule has 0 unspecified atom stereocenters. The van der Waals surface area contributed by atoms with Crippen molar-refractivity contribution < 1.29 is 9.90 Å². The van der Waals surface area contributed by atoms with Crippen LogP contribution in [0.3, 0.4) is 0 Å². The quantitative estimate of drug-likeness (QED) is 0.886. The molecule has 2 aromatic rings. The Balaban J connectivity index is 1.67. The molecular weight excluding hydrogens is 274 g/mol. The van der Waals surface area contributed by atoms with Crippen LogP contribution in [0.1, 0.15) is 34.3 Å².